The third-order valence-corrected chi connectivity index (χ3v) is 3.88. The van der Waals surface area contributed by atoms with Gasteiger partial charge in [0.15, 0.2) is 5.82 Å². The third kappa shape index (κ3) is 2.44. The van der Waals surface area contributed by atoms with Gasteiger partial charge in [0.25, 0.3) is 0 Å². The molecule has 0 unspecified atom stereocenters. The van der Waals surface area contributed by atoms with E-state index in [-0.39, 0.29) is 0 Å². The molecule has 20 heavy (non-hydrogen) atoms. The Balaban J connectivity index is 1.99. The fourth-order valence-electron chi connectivity index (χ4n) is 1.97. The Morgan fingerprint density at radius 2 is 2.00 bits per heavy atom. The minimum absolute atomic E-state index is 0.743. The van der Waals surface area contributed by atoms with Crippen molar-refractivity contribution in [2.24, 2.45) is 0 Å². The predicted octanol–water partition coefficient (Wildman–Crippen LogP) is 3.59. The zero-order valence-electron chi connectivity index (χ0n) is 10.9. The highest BCUT2D eigenvalue weighted by atomic mass is 79.9. The highest BCUT2D eigenvalue weighted by molar-refractivity contribution is 9.10. The fourth-order valence-corrected chi connectivity index (χ4v) is 2.19. The summed E-state index contributed by atoms with van der Waals surface area (Å²) in [6.45, 7) is 1.95. The largest absolute Gasteiger partial charge is 0.399 e. The molecule has 3 aromatic rings. The minimum atomic E-state index is 0.743. The summed E-state index contributed by atoms with van der Waals surface area (Å²) in [5, 5.41) is 4.36. The fraction of sp³-hybridized carbons (Fsp3) is 0.0667. The van der Waals surface area contributed by atoms with Crippen LogP contribution in [-0.2, 0) is 0 Å². The Morgan fingerprint density at radius 1 is 1.15 bits per heavy atom. The number of hydrogen-bond acceptors (Lipinski definition) is 3. The topological polar surface area (TPSA) is 56.7 Å². The van der Waals surface area contributed by atoms with Gasteiger partial charge in [-0.1, -0.05) is 12.1 Å². The van der Waals surface area contributed by atoms with Gasteiger partial charge in [0.05, 0.1) is 11.9 Å². The second kappa shape index (κ2) is 5.09. The normalized spacial score (nSPS) is 10.7. The lowest BCUT2D eigenvalue weighted by molar-refractivity contribution is 0.839. The van der Waals surface area contributed by atoms with E-state index in [0.717, 1.165) is 32.8 Å². The predicted molar refractivity (Wildman–Crippen MR) is 83.6 cm³/mol. The van der Waals surface area contributed by atoms with Crippen molar-refractivity contribution in [1.29, 1.82) is 0 Å². The number of nitrogens with zero attached hydrogens (tertiary/aromatic N) is 3. The van der Waals surface area contributed by atoms with Crippen molar-refractivity contribution < 1.29 is 0 Å². The van der Waals surface area contributed by atoms with Gasteiger partial charge in [-0.2, -0.15) is 5.10 Å². The van der Waals surface area contributed by atoms with Gasteiger partial charge in [-0.05, 0) is 52.7 Å². The molecule has 0 saturated heterocycles. The summed E-state index contributed by atoms with van der Waals surface area (Å²) in [4.78, 5) is 4.50. The first-order valence-electron chi connectivity index (χ1n) is 6.17. The lowest BCUT2D eigenvalue weighted by atomic mass is 10.1. The molecule has 0 aliphatic rings. The molecule has 100 valence electrons. The Bertz CT molecular complexity index is 764. The van der Waals surface area contributed by atoms with Crippen LogP contribution in [0.1, 0.15) is 5.69 Å². The van der Waals surface area contributed by atoms with Crippen molar-refractivity contribution in [2.45, 2.75) is 6.92 Å². The summed E-state index contributed by atoms with van der Waals surface area (Å²) < 4.78 is 2.75. The standard InChI is InChI=1S/C15H13BrN4/c1-10-14(16)5-6-15(19-10)20-9-12(8-18-20)11-3-2-4-13(17)7-11/h2-9H,17H2,1H3. The first-order chi connectivity index (χ1) is 9.63. The minimum Gasteiger partial charge on any atom is -0.399 e. The highest BCUT2D eigenvalue weighted by Crippen LogP contribution is 2.22. The van der Waals surface area contributed by atoms with Crippen LogP contribution in [0.5, 0.6) is 0 Å². The van der Waals surface area contributed by atoms with E-state index >= 15 is 0 Å². The van der Waals surface area contributed by atoms with E-state index in [1.54, 1.807) is 4.68 Å². The molecule has 2 N–H and O–H groups in total. The molecule has 0 fully saturated rings. The number of anilines is 1. The highest BCUT2D eigenvalue weighted by Gasteiger charge is 2.06. The molecule has 2 heterocycles. The molecule has 4 nitrogen and oxygen atoms in total. The zero-order valence-corrected chi connectivity index (χ0v) is 12.5. The lowest BCUT2D eigenvalue weighted by Gasteiger charge is -2.03. The summed E-state index contributed by atoms with van der Waals surface area (Å²) in [6.07, 6.45) is 3.76. The SMILES string of the molecule is Cc1nc(-n2cc(-c3cccc(N)c3)cn2)ccc1Br. The smallest absolute Gasteiger partial charge is 0.153 e. The zero-order chi connectivity index (χ0) is 14.1. The summed E-state index contributed by atoms with van der Waals surface area (Å²) in [5.74, 6) is 0.792. The summed E-state index contributed by atoms with van der Waals surface area (Å²) in [7, 11) is 0. The number of pyridine rings is 1. The molecule has 0 atom stereocenters. The van der Waals surface area contributed by atoms with Crippen LogP contribution in [0, 0.1) is 6.92 Å². The molecule has 0 radical (unpaired) electrons. The van der Waals surface area contributed by atoms with E-state index < -0.39 is 0 Å². The molecule has 3 rings (SSSR count). The van der Waals surface area contributed by atoms with Crippen molar-refractivity contribution in [3.63, 3.8) is 0 Å². The van der Waals surface area contributed by atoms with Crippen molar-refractivity contribution in [3.8, 4) is 16.9 Å². The van der Waals surface area contributed by atoms with E-state index in [1.807, 2.05) is 55.7 Å². The van der Waals surface area contributed by atoms with Crippen molar-refractivity contribution in [1.82, 2.24) is 14.8 Å². The molecular formula is C15H13BrN4. The molecule has 0 aliphatic carbocycles. The van der Waals surface area contributed by atoms with Crippen LogP contribution in [0.25, 0.3) is 16.9 Å². The average molecular weight is 329 g/mol. The molecular weight excluding hydrogens is 316 g/mol. The first kappa shape index (κ1) is 12.9. The Morgan fingerprint density at radius 3 is 2.75 bits per heavy atom. The van der Waals surface area contributed by atoms with Crippen molar-refractivity contribution in [2.75, 3.05) is 5.73 Å². The van der Waals surface area contributed by atoms with Crippen LogP contribution in [0.4, 0.5) is 5.69 Å². The number of halogens is 1. The number of rotatable bonds is 2. The summed E-state index contributed by atoms with van der Waals surface area (Å²) >= 11 is 3.45. The van der Waals surface area contributed by atoms with Gasteiger partial charge < -0.3 is 5.73 Å². The van der Waals surface area contributed by atoms with Crippen LogP contribution in [-0.4, -0.2) is 14.8 Å². The van der Waals surface area contributed by atoms with Crippen molar-refractivity contribution >= 4 is 21.6 Å². The second-order valence-electron chi connectivity index (χ2n) is 4.54. The molecule has 5 heteroatoms. The monoisotopic (exact) mass is 328 g/mol. The Hall–Kier alpha value is -2.14. The number of nitrogen functional groups attached to an aromatic ring is 1. The number of aryl methyl sites for hydroxylation is 1. The van der Waals surface area contributed by atoms with E-state index in [4.69, 9.17) is 5.73 Å². The molecule has 0 bridgehead atoms. The van der Waals surface area contributed by atoms with Gasteiger partial charge in [0.2, 0.25) is 0 Å². The molecule has 1 aromatic carbocycles. The molecule has 0 spiro atoms. The maximum Gasteiger partial charge on any atom is 0.153 e. The van der Waals surface area contributed by atoms with E-state index in [1.165, 1.54) is 0 Å². The molecule has 2 aromatic heterocycles. The molecule has 0 amide bonds. The second-order valence-corrected chi connectivity index (χ2v) is 5.39. The number of nitrogens with two attached hydrogens (primary N) is 1. The van der Waals surface area contributed by atoms with E-state index in [0.29, 0.717) is 0 Å². The van der Waals surface area contributed by atoms with Gasteiger partial charge in [-0.15, -0.1) is 0 Å². The van der Waals surface area contributed by atoms with Gasteiger partial charge in [0.1, 0.15) is 0 Å². The Kier molecular flexibility index (Phi) is 3.28. The van der Waals surface area contributed by atoms with Crippen molar-refractivity contribution in [3.05, 3.63) is 59.0 Å². The first-order valence-corrected chi connectivity index (χ1v) is 6.97. The summed E-state index contributed by atoms with van der Waals surface area (Å²) in [6, 6.07) is 11.6. The molecule has 0 aliphatic heterocycles. The van der Waals surface area contributed by atoms with Crippen LogP contribution < -0.4 is 5.73 Å². The molecule has 0 saturated carbocycles. The van der Waals surface area contributed by atoms with Crippen LogP contribution in [0.2, 0.25) is 0 Å². The third-order valence-electron chi connectivity index (χ3n) is 3.04. The van der Waals surface area contributed by atoms with Crippen LogP contribution >= 0.6 is 15.9 Å². The maximum atomic E-state index is 5.81. The number of hydrogen-bond donors (Lipinski definition) is 1. The van der Waals surface area contributed by atoms with Crippen LogP contribution in [0.3, 0.4) is 0 Å². The van der Waals surface area contributed by atoms with E-state index in [2.05, 4.69) is 26.0 Å². The van der Waals surface area contributed by atoms with Gasteiger partial charge >= 0.3 is 0 Å². The van der Waals surface area contributed by atoms with E-state index in [9.17, 15) is 0 Å². The summed E-state index contributed by atoms with van der Waals surface area (Å²) in [5.41, 5.74) is 9.54. The quantitative estimate of drug-likeness (QED) is 0.731. The average Bonchev–Trinajstić information content (AvgIpc) is 2.92. The lowest BCUT2D eigenvalue weighted by Crippen LogP contribution is -1.99. The van der Waals surface area contributed by atoms with Gasteiger partial charge in [0, 0.05) is 21.9 Å². The maximum absolute atomic E-state index is 5.81. The van der Waals surface area contributed by atoms with Gasteiger partial charge in [-0.3, -0.25) is 0 Å². The van der Waals surface area contributed by atoms with Gasteiger partial charge in [-0.25, -0.2) is 9.67 Å². The number of aromatic nitrogens is 3. The van der Waals surface area contributed by atoms with Crippen LogP contribution in [0.15, 0.2) is 53.3 Å². The number of benzene rings is 1. The Labute approximate surface area is 125 Å².